The molecule has 2 atom stereocenters. The van der Waals surface area contributed by atoms with Crippen molar-refractivity contribution in [3.05, 3.63) is 67.2 Å². The average Bonchev–Trinajstić information content (AvgIpc) is 3.87. The molecule has 3 aliphatic rings. The molecule has 0 saturated heterocycles. The van der Waals surface area contributed by atoms with Crippen molar-refractivity contribution < 1.29 is 9.59 Å². The van der Waals surface area contributed by atoms with Gasteiger partial charge >= 0.3 is 0 Å². The maximum absolute atomic E-state index is 14.0. The Morgan fingerprint density at radius 2 is 1.49 bits per heavy atom. The smallest absolute Gasteiger partial charge is 0.222 e. The molecule has 2 aliphatic heterocycles. The summed E-state index contributed by atoms with van der Waals surface area (Å²) in [7, 11) is 8.31. The van der Waals surface area contributed by atoms with E-state index in [1.54, 1.807) is 0 Å². The number of aromatic amines is 2. The number of carbonyl (C=O) groups excluding carboxylic acids is 2. The fraction of sp³-hybridized carbons (Fsp3) is 0.535. The van der Waals surface area contributed by atoms with E-state index in [1.165, 1.54) is 22.3 Å². The minimum atomic E-state index is -0.0208. The molecule has 9 nitrogen and oxygen atoms in total. The molecule has 284 valence electrons. The van der Waals surface area contributed by atoms with Gasteiger partial charge in [-0.05, 0) is 150 Å². The van der Waals surface area contributed by atoms with Crippen molar-refractivity contribution >= 4 is 60.8 Å². The van der Waals surface area contributed by atoms with Gasteiger partial charge in [0.25, 0.3) is 0 Å². The average molecular weight is 785 g/mol. The number of hydrogen-bond donors (Lipinski definition) is 2. The fourth-order valence-corrected chi connectivity index (χ4v) is 9.55. The van der Waals surface area contributed by atoms with Gasteiger partial charge in [0.05, 0.1) is 38.3 Å². The van der Waals surface area contributed by atoms with E-state index in [0.29, 0.717) is 19.3 Å². The fourth-order valence-electron chi connectivity index (χ4n) is 8.70. The van der Waals surface area contributed by atoms with Gasteiger partial charge in [-0.1, -0.05) is 20.8 Å². The Morgan fingerprint density at radius 3 is 2.11 bits per heavy atom. The van der Waals surface area contributed by atoms with Gasteiger partial charge in [0.15, 0.2) is 5.78 Å². The Morgan fingerprint density at radius 1 is 0.849 bits per heavy atom. The van der Waals surface area contributed by atoms with Gasteiger partial charge in [0.1, 0.15) is 0 Å². The monoisotopic (exact) mass is 783 g/mol. The van der Waals surface area contributed by atoms with Gasteiger partial charge in [-0.25, -0.2) is 4.98 Å². The quantitative estimate of drug-likeness (QED) is 0.180. The lowest BCUT2D eigenvalue weighted by Gasteiger charge is -2.26. The second kappa shape index (κ2) is 16.0. The first-order valence-corrected chi connectivity index (χ1v) is 20.3. The number of ketones is 1. The van der Waals surface area contributed by atoms with E-state index in [4.69, 9.17) is 9.97 Å². The molecule has 2 N–H and O–H groups in total. The van der Waals surface area contributed by atoms with Crippen LogP contribution < -0.4 is 0 Å². The van der Waals surface area contributed by atoms with Gasteiger partial charge in [-0.2, -0.15) is 0 Å². The molecule has 1 aliphatic carbocycles. The maximum Gasteiger partial charge on any atom is 0.222 e. The summed E-state index contributed by atoms with van der Waals surface area (Å²) in [6.45, 7) is 16.4. The van der Waals surface area contributed by atoms with Crippen LogP contribution in [0.15, 0.2) is 16.6 Å². The molecule has 1 amide bonds. The SMILES string of the molecule is CCC1=C(C)c2cc3[nH]c(c(C)c3CC)c(Br)c3nc(c4c5[nH]c(cc1n2)c(C)c5C(=O)C4)[C@@H](CCC(=O)N(CCCN(C)C)CCCN(C)C)[C@@H]3C. The first-order chi connectivity index (χ1) is 25.2. The number of nitrogens with zero attached hydrogens (tertiary/aromatic N) is 5. The zero-order valence-corrected chi connectivity index (χ0v) is 35.1. The van der Waals surface area contributed by atoms with Crippen molar-refractivity contribution in [1.29, 1.82) is 0 Å². The van der Waals surface area contributed by atoms with Crippen LogP contribution in [0.2, 0.25) is 0 Å². The van der Waals surface area contributed by atoms with Crippen LogP contribution in [0.3, 0.4) is 0 Å². The van der Waals surface area contributed by atoms with Gasteiger partial charge < -0.3 is 24.7 Å². The van der Waals surface area contributed by atoms with Gasteiger partial charge in [0, 0.05) is 59.9 Å². The molecule has 0 fully saturated rings. The molecule has 53 heavy (non-hydrogen) atoms. The van der Waals surface area contributed by atoms with Crippen LogP contribution >= 0.6 is 15.9 Å². The predicted octanol–water partition coefficient (Wildman–Crippen LogP) is 8.74. The van der Waals surface area contributed by atoms with Gasteiger partial charge in [0.2, 0.25) is 5.91 Å². The summed E-state index contributed by atoms with van der Waals surface area (Å²) >= 11 is 4.05. The number of aromatic nitrogens is 4. The van der Waals surface area contributed by atoms with E-state index in [0.717, 1.165) is 118 Å². The molecule has 0 aromatic carbocycles. The van der Waals surface area contributed by atoms with Crippen molar-refractivity contribution in [3.63, 3.8) is 0 Å². The normalized spacial score (nSPS) is 16.9. The first kappa shape index (κ1) is 39.1. The highest BCUT2D eigenvalue weighted by molar-refractivity contribution is 9.10. The Hall–Kier alpha value is -3.60. The number of allylic oxidation sites excluding steroid dienone is 2. The zero-order valence-electron chi connectivity index (χ0n) is 33.5. The van der Waals surface area contributed by atoms with Crippen LogP contribution in [0.4, 0.5) is 0 Å². The molecule has 3 aromatic rings. The number of carbonyl (C=O) groups is 2. The first-order valence-electron chi connectivity index (χ1n) is 19.5. The number of Topliss-reactive ketones (excluding diaryl/α,β-unsaturated/α-hetero) is 1. The highest BCUT2D eigenvalue weighted by Gasteiger charge is 2.37. The molecule has 0 spiro atoms. The number of hydrogen-bond acceptors (Lipinski definition) is 6. The van der Waals surface area contributed by atoms with Crippen molar-refractivity contribution in [2.75, 3.05) is 54.4 Å². The summed E-state index contributed by atoms with van der Waals surface area (Å²) in [5.74, 6) is 0.322. The topological polar surface area (TPSA) is 101 Å². The number of aryl methyl sites for hydroxylation is 3. The Balaban J connectivity index is 1.52. The highest BCUT2D eigenvalue weighted by atomic mass is 79.9. The van der Waals surface area contributed by atoms with E-state index in [2.05, 4.69) is 116 Å². The van der Waals surface area contributed by atoms with Crippen LogP contribution in [0.5, 0.6) is 0 Å². The lowest BCUT2D eigenvalue weighted by atomic mass is 9.85. The van der Waals surface area contributed by atoms with Gasteiger partial charge in [-0.15, -0.1) is 0 Å². The molecule has 8 bridgehead atoms. The minimum absolute atomic E-state index is 0.0208. The molecular formula is C43H58BrN7O2. The standard InChI is InChI=1S/C43H58BrN7O2/c1-11-28-24(3)32-22-35-29(12-2)25(4)40(47-35)39(44)41-26(5)30(15-16-37(53)51(19-13-17-49(7)8)20-14-18-50(9)10)42(48-41)31-21-36(52)38-27(6)33(46-43(31)38)23-34(28)45-32/h22-23,26,30,46-47H,11-21H2,1-10H3/t26-,30-/m0/s1. The summed E-state index contributed by atoms with van der Waals surface area (Å²) < 4.78 is 0.938. The van der Waals surface area contributed by atoms with Crippen molar-refractivity contribution in [1.82, 2.24) is 34.6 Å². The summed E-state index contributed by atoms with van der Waals surface area (Å²) in [5, 5.41) is 0. The predicted molar refractivity (Wildman–Crippen MR) is 222 cm³/mol. The lowest BCUT2D eigenvalue weighted by Crippen LogP contribution is -2.35. The Labute approximate surface area is 323 Å². The van der Waals surface area contributed by atoms with E-state index in [-0.39, 0.29) is 23.5 Å². The molecule has 6 rings (SSSR count). The summed E-state index contributed by atoms with van der Waals surface area (Å²) in [4.78, 5) is 52.4. The van der Waals surface area contributed by atoms with Gasteiger partial charge in [-0.3, -0.25) is 14.6 Å². The highest BCUT2D eigenvalue weighted by Crippen LogP contribution is 2.47. The number of rotatable bonds is 13. The third-order valence-corrected chi connectivity index (χ3v) is 12.5. The summed E-state index contributed by atoms with van der Waals surface area (Å²) in [5.41, 5.74) is 15.2. The molecular weight excluding hydrogens is 726 g/mol. The third kappa shape index (κ3) is 7.56. The van der Waals surface area contributed by atoms with Crippen LogP contribution in [0.1, 0.15) is 127 Å². The Kier molecular flexibility index (Phi) is 11.8. The van der Waals surface area contributed by atoms with E-state index in [1.807, 2.05) is 6.92 Å². The van der Waals surface area contributed by atoms with Crippen LogP contribution in [0, 0.1) is 13.8 Å². The molecule has 10 heteroatoms. The number of amides is 1. The summed E-state index contributed by atoms with van der Waals surface area (Å²) in [6.07, 6.45) is 5.03. The number of nitrogens with one attached hydrogen (secondary N) is 2. The minimum Gasteiger partial charge on any atom is -0.354 e. The van der Waals surface area contributed by atoms with Crippen molar-refractivity contribution in [3.8, 4) is 0 Å². The largest absolute Gasteiger partial charge is 0.354 e. The van der Waals surface area contributed by atoms with E-state index in [9.17, 15) is 9.59 Å². The van der Waals surface area contributed by atoms with E-state index >= 15 is 0 Å². The summed E-state index contributed by atoms with van der Waals surface area (Å²) in [6, 6.07) is 4.32. The van der Waals surface area contributed by atoms with Crippen molar-refractivity contribution in [2.24, 2.45) is 0 Å². The lowest BCUT2D eigenvalue weighted by molar-refractivity contribution is -0.131. The van der Waals surface area contributed by atoms with Crippen LogP contribution in [0.25, 0.3) is 33.2 Å². The van der Waals surface area contributed by atoms with Crippen LogP contribution in [-0.4, -0.2) is 101 Å². The number of halogens is 1. The molecule has 3 aromatic heterocycles. The third-order valence-electron chi connectivity index (χ3n) is 11.7. The van der Waals surface area contributed by atoms with E-state index < -0.39 is 0 Å². The molecule has 0 radical (unpaired) electrons. The molecule has 0 unspecified atom stereocenters. The number of H-pyrrole nitrogens is 2. The second-order valence-electron chi connectivity index (χ2n) is 15.8. The maximum atomic E-state index is 14.0. The Bertz CT molecular complexity index is 2110. The van der Waals surface area contributed by atoms with Crippen LogP contribution in [-0.2, 0) is 17.6 Å². The van der Waals surface area contributed by atoms with Crippen molar-refractivity contribution in [2.45, 2.75) is 98.3 Å². The zero-order chi connectivity index (χ0) is 38.3. The molecule has 0 saturated carbocycles. The number of fused-ring (bicyclic) bond motifs is 8. The molecule has 5 heterocycles. The second-order valence-corrected chi connectivity index (χ2v) is 16.6.